The Bertz CT molecular complexity index is 513. The lowest BCUT2D eigenvalue weighted by molar-refractivity contribution is 0.150. The van der Waals surface area contributed by atoms with Gasteiger partial charge >= 0.3 is 0 Å². The van der Waals surface area contributed by atoms with Crippen molar-refractivity contribution < 1.29 is 12.6 Å². The van der Waals surface area contributed by atoms with Gasteiger partial charge in [-0.05, 0) is 24.7 Å². The van der Waals surface area contributed by atoms with E-state index >= 15 is 0 Å². The average molecular weight is 314 g/mol. The topological polar surface area (TPSA) is 61.2 Å². The summed E-state index contributed by atoms with van der Waals surface area (Å²) in [7, 11) is -3.43. The number of hydrogen-bond donors (Lipinski definition) is 0. The number of aromatic nitrogens is 2. The zero-order chi connectivity index (χ0) is 15.3. The van der Waals surface area contributed by atoms with E-state index in [1.165, 1.54) is 25.7 Å². The van der Waals surface area contributed by atoms with E-state index in [1.54, 1.807) is 12.5 Å². The Labute approximate surface area is 127 Å². The number of hydrogen-bond acceptors (Lipinski definition) is 4. The second kappa shape index (κ2) is 7.40. The third-order valence-corrected chi connectivity index (χ3v) is 5.05. The molecule has 0 saturated heterocycles. The first-order valence-corrected chi connectivity index (χ1v) is 9.59. The molecular weight excluding hydrogens is 288 g/mol. The van der Waals surface area contributed by atoms with Gasteiger partial charge in [0.25, 0.3) is 10.1 Å². The minimum atomic E-state index is -3.43. The van der Waals surface area contributed by atoms with Crippen LogP contribution in [0.2, 0.25) is 0 Å². The van der Waals surface area contributed by atoms with Crippen LogP contribution in [0, 0.1) is 11.8 Å². The highest BCUT2D eigenvalue weighted by Gasteiger charge is 2.24. The van der Waals surface area contributed by atoms with Crippen LogP contribution in [0.15, 0.2) is 18.7 Å². The molecule has 0 bridgehead atoms. The molecule has 1 aromatic rings. The van der Waals surface area contributed by atoms with Gasteiger partial charge in [-0.25, -0.2) is 4.98 Å². The van der Waals surface area contributed by atoms with Crippen LogP contribution in [-0.2, 0) is 20.8 Å². The van der Waals surface area contributed by atoms with Crippen molar-refractivity contribution in [3.8, 4) is 0 Å². The van der Waals surface area contributed by atoms with E-state index in [9.17, 15) is 8.42 Å². The highest BCUT2D eigenvalue weighted by atomic mass is 32.2. The van der Waals surface area contributed by atoms with E-state index in [4.69, 9.17) is 4.18 Å². The molecule has 120 valence electrons. The molecule has 1 aromatic heterocycles. The van der Waals surface area contributed by atoms with Crippen LogP contribution in [0.3, 0.4) is 0 Å². The second-order valence-corrected chi connectivity index (χ2v) is 7.88. The fraction of sp³-hybridized carbons (Fsp3) is 0.800. The van der Waals surface area contributed by atoms with Gasteiger partial charge < -0.3 is 4.57 Å². The SMILES string of the molecule is CC1CCCCC1CCC(Cn1ccnc1)OS(C)(=O)=O. The van der Waals surface area contributed by atoms with Gasteiger partial charge in [-0.2, -0.15) is 8.42 Å². The number of rotatable bonds is 7. The standard InChI is InChI=1S/C15H26N2O3S/c1-13-5-3-4-6-14(13)7-8-15(20-21(2,18)19)11-17-10-9-16-12-17/h9-10,12-15H,3-8,11H2,1-2H3. The summed E-state index contributed by atoms with van der Waals surface area (Å²) in [6, 6.07) is 0. The monoisotopic (exact) mass is 314 g/mol. The Kier molecular flexibility index (Phi) is 5.81. The molecule has 1 saturated carbocycles. The van der Waals surface area contributed by atoms with E-state index in [1.807, 2.05) is 10.8 Å². The molecule has 0 aliphatic heterocycles. The van der Waals surface area contributed by atoms with Crippen LogP contribution in [0.5, 0.6) is 0 Å². The van der Waals surface area contributed by atoms with Crippen molar-refractivity contribution in [1.82, 2.24) is 9.55 Å². The van der Waals surface area contributed by atoms with Gasteiger partial charge in [-0.15, -0.1) is 0 Å². The van der Waals surface area contributed by atoms with Gasteiger partial charge in [0.15, 0.2) is 0 Å². The summed E-state index contributed by atoms with van der Waals surface area (Å²) in [6.45, 7) is 2.85. The van der Waals surface area contributed by atoms with Gasteiger partial charge in [0.1, 0.15) is 0 Å². The van der Waals surface area contributed by atoms with E-state index in [0.29, 0.717) is 12.5 Å². The molecule has 0 N–H and O–H groups in total. The summed E-state index contributed by atoms with van der Waals surface area (Å²) in [5, 5.41) is 0. The molecule has 0 radical (unpaired) electrons. The third kappa shape index (κ3) is 5.79. The predicted octanol–water partition coefficient (Wildman–Crippen LogP) is 2.83. The zero-order valence-electron chi connectivity index (χ0n) is 12.9. The Balaban J connectivity index is 1.91. The summed E-state index contributed by atoms with van der Waals surface area (Å²) < 4.78 is 30.0. The normalized spacial score (nSPS) is 24.9. The lowest BCUT2D eigenvalue weighted by Crippen LogP contribution is -2.25. The van der Waals surface area contributed by atoms with Crippen molar-refractivity contribution in [2.45, 2.75) is 58.1 Å². The zero-order valence-corrected chi connectivity index (χ0v) is 13.8. The summed E-state index contributed by atoms with van der Waals surface area (Å²) in [5.74, 6) is 1.44. The van der Waals surface area contributed by atoms with E-state index < -0.39 is 10.1 Å². The van der Waals surface area contributed by atoms with Gasteiger partial charge in [0.2, 0.25) is 0 Å². The molecule has 3 atom stereocenters. The molecule has 1 fully saturated rings. The quantitative estimate of drug-likeness (QED) is 0.726. The molecule has 21 heavy (non-hydrogen) atoms. The first kappa shape index (κ1) is 16.5. The maximum absolute atomic E-state index is 11.4. The number of imidazole rings is 1. The Morgan fingerprint density at radius 3 is 2.76 bits per heavy atom. The van der Waals surface area contributed by atoms with Crippen molar-refractivity contribution in [2.24, 2.45) is 11.8 Å². The van der Waals surface area contributed by atoms with Crippen LogP contribution in [0.25, 0.3) is 0 Å². The Morgan fingerprint density at radius 2 is 2.14 bits per heavy atom. The van der Waals surface area contributed by atoms with Gasteiger partial charge in [0, 0.05) is 12.4 Å². The predicted molar refractivity (Wildman–Crippen MR) is 82.3 cm³/mol. The van der Waals surface area contributed by atoms with Crippen molar-refractivity contribution in [3.63, 3.8) is 0 Å². The van der Waals surface area contributed by atoms with Crippen LogP contribution < -0.4 is 0 Å². The van der Waals surface area contributed by atoms with E-state index in [2.05, 4.69) is 11.9 Å². The average Bonchev–Trinajstić information content (AvgIpc) is 2.88. The lowest BCUT2D eigenvalue weighted by Gasteiger charge is -2.30. The molecule has 0 aromatic carbocycles. The van der Waals surface area contributed by atoms with Gasteiger partial charge in [0.05, 0.1) is 25.2 Å². The first-order valence-electron chi connectivity index (χ1n) is 7.78. The van der Waals surface area contributed by atoms with Crippen molar-refractivity contribution in [3.05, 3.63) is 18.7 Å². The smallest absolute Gasteiger partial charge is 0.264 e. The maximum Gasteiger partial charge on any atom is 0.264 e. The first-order chi connectivity index (χ1) is 9.94. The molecule has 2 rings (SSSR count). The Morgan fingerprint density at radius 1 is 1.38 bits per heavy atom. The van der Waals surface area contributed by atoms with Gasteiger partial charge in [-0.3, -0.25) is 4.18 Å². The molecule has 1 aliphatic carbocycles. The van der Waals surface area contributed by atoms with Crippen molar-refractivity contribution >= 4 is 10.1 Å². The second-order valence-electron chi connectivity index (χ2n) is 6.28. The summed E-state index contributed by atoms with van der Waals surface area (Å²) in [6.07, 6.45) is 13.0. The highest BCUT2D eigenvalue weighted by molar-refractivity contribution is 7.86. The minimum Gasteiger partial charge on any atom is -0.335 e. The van der Waals surface area contributed by atoms with Crippen LogP contribution >= 0.6 is 0 Å². The summed E-state index contributed by atoms with van der Waals surface area (Å²) in [4.78, 5) is 3.99. The molecule has 0 amide bonds. The van der Waals surface area contributed by atoms with Gasteiger partial charge in [-0.1, -0.05) is 32.6 Å². The molecular formula is C15H26N2O3S. The van der Waals surface area contributed by atoms with E-state index in [0.717, 1.165) is 25.0 Å². The molecule has 1 heterocycles. The molecule has 5 nitrogen and oxygen atoms in total. The van der Waals surface area contributed by atoms with E-state index in [-0.39, 0.29) is 6.10 Å². The number of nitrogens with zero attached hydrogens (tertiary/aromatic N) is 2. The molecule has 0 spiro atoms. The fourth-order valence-electron chi connectivity index (χ4n) is 3.27. The van der Waals surface area contributed by atoms with Crippen molar-refractivity contribution in [2.75, 3.05) is 6.26 Å². The third-order valence-electron chi connectivity index (χ3n) is 4.43. The molecule has 3 unspecified atom stereocenters. The molecule has 1 aliphatic rings. The summed E-state index contributed by atoms with van der Waals surface area (Å²) in [5.41, 5.74) is 0. The summed E-state index contributed by atoms with van der Waals surface area (Å²) >= 11 is 0. The highest BCUT2D eigenvalue weighted by Crippen LogP contribution is 2.33. The largest absolute Gasteiger partial charge is 0.335 e. The lowest BCUT2D eigenvalue weighted by atomic mass is 9.78. The van der Waals surface area contributed by atoms with Crippen LogP contribution in [0.1, 0.15) is 45.4 Å². The minimum absolute atomic E-state index is 0.302. The van der Waals surface area contributed by atoms with Crippen LogP contribution in [-0.4, -0.2) is 30.3 Å². The maximum atomic E-state index is 11.4. The Hall–Kier alpha value is -0.880. The molecule has 6 heteroatoms. The fourth-order valence-corrected chi connectivity index (χ4v) is 3.92. The van der Waals surface area contributed by atoms with Crippen molar-refractivity contribution in [1.29, 1.82) is 0 Å². The van der Waals surface area contributed by atoms with Crippen LogP contribution in [0.4, 0.5) is 0 Å².